The van der Waals surface area contributed by atoms with Gasteiger partial charge in [-0.1, -0.05) is 19.3 Å². The molecule has 2 nitrogen and oxygen atoms in total. The monoisotopic (exact) mass is 402 g/mol. The van der Waals surface area contributed by atoms with E-state index in [-0.39, 0.29) is 5.82 Å². The topological polar surface area (TPSA) is 15.3 Å². The number of hydrogen-bond acceptors (Lipinski definition) is 2. The summed E-state index contributed by atoms with van der Waals surface area (Å²) in [5.74, 6) is 0.668. The number of anilines is 1. The van der Waals surface area contributed by atoms with Gasteiger partial charge in [-0.05, 0) is 66.5 Å². The summed E-state index contributed by atoms with van der Waals surface area (Å²) >= 11 is 2.26. The van der Waals surface area contributed by atoms with Crippen LogP contribution in [0, 0.1) is 15.3 Å². The summed E-state index contributed by atoms with van der Waals surface area (Å²) in [6.45, 7) is 4.33. The van der Waals surface area contributed by atoms with E-state index in [9.17, 15) is 4.39 Å². The molecule has 1 N–H and O–H groups in total. The highest BCUT2D eigenvalue weighted by Gasteiger charge is 2.31. The number of halogens is 2. The first-order valence-electron chi connectivity index (χ1n) is 8.10. The highest BCUT2D eigenvalue weighted by atomic mass is 127. The lowest BCUT2D eigenvalue weighted by Gasteiger charge is -2.44. The largest absolute Gasteiger partial charge is 0.365 e. The van der Waals surface area contributed by atoms with Crippen LogP contribution in [0.3, 0.4) is 0 Å². The van der Waals surface area contributed by atoms with E-state index in [1.54, 1.807) is 12.1 Å². The van der Waals surface area contributed by atoms with Crippen molar-refractivity contribution >= 4 is 28.3 Å². The van der Waals surface area contributed by atoms with Crippen molar-refractivity contribution in [2.45, 2.75) is 51.1 Å². The number of piperazine rings is 1. The Labute approximate surface area is 140 Å². The van der Waals surface area contributed by atoms with Gasteiger partial charge in [0.05, 0.1) is 5.69 Å². The average molecular weight is 402 g/mol. The molecule has 21 heavy (non-hydrogen) atoms. The van der Waals surface area contributed by atoms with Gasteiger partial charge in [0.1, 0.15) is 5.82 Å². The van der Waals surface area contributed by atoms with Crippen molar-refractivity contribution in [1.82, 2.24) is 5.32 Å². The smallest absolute Gasteiger partial charge is 0.124 e. The van der Waals surface area contributed by atoms with Gasteiger partial charge in [-0.15, -0.1) is 0 Å². The third-order valence-corrected chi connectivity index (χ3v) is 5.90. The molecule has 1 saturated carbocycles. The molecule has 0 spiro atoms. The summed E-state index contributed by atoms with van der Waals surface area (Å²) in [6, 6.07) is 6.21. The van der Waals surface area contributed by atoms with Crippen molar-refractivity contribution in [2.24, 2.45) is 5.92 Å². The van der Waals surface area contributed by atoms with Crippen molar-refractivity contribution in [3.63, 3.8) is 0 Å². The molecule has 0 amide bonds. The first-order chi connectivity index (χ1) is 10.1. The van der Waals surface area contributed by atoms with Gasteiger partial charge in [0.25, 0.3) is 0 Å². The minimum Gasteiger partial charge on any atom is -0.365 e. The summed E-state index contributed by atoms with van der Waals surface area (Å²) in [7, 11) is 0. The fraction of sp³-hybridized carbons (Fsp3) is 0.647. The second kappa shape index (κ2) is 6.82. The Bertz CT molecular complexity index is 488. The number of benzene rings is 1. The molecule has 4 heteroatoms. The van der Waals surface area contributed by atoms with Crippen LogP contribution in [0.5, 0.6) is 0 Å². The highest BCUT2D eigenvalue weighted by Crippen LogP contribution is 2.31. The Hall–Kier alpha value is -0.360. The first-order valence-corrected chi connectivity index (χ1v) is 9.18. The van der Waals surface area contributed by atoms with E-state index in [2.05, 4.69) is 39.7 Å². The minimum atomic E-state index is -0.144. The van der Waals surface area contributed by atoms with Gasteiger partial charge in [-0.2, -0.15) is 0 Å². The molecule has 1 aliphatic heterocycles. The van der Waals surface area contributed by atoms with E-state index in [0.717, 1.165) is 22.6 Å². The van der Waals surface area contributed by atoms with E-state index in [1.807, 2.05) is 6.07 Å². The Morgan fingerprint density at radius 1 is 1.24 bits per heavy atom. The fourth-order valence-corrected chi connectivity index (χ4v) is 4.58. The first kappa shape index (κ1) is 15.5. The summed E-state index contributed by atoms with van der Waals surface area (Å²) in [4.78, 5) is 2.47. The summed E-state index contributed by atoms with van der Waals surface area (Å²) < 4.78 is 14.4. The summed E-state index contributed by atoms with van der Waals surface area (Å²) in [5.41, 5.74) is 1.19. The van der Waals surface area contributed by atoms with Crippen molar-refractivity contribution in [3.8, 4) is 0 Å². The molecule has 1 aromatic carbocycles. The third kappa shape index (κ3) is 3.52. The average Bonchev–Trinajstić information content (AvgIpc) is 2.49. The molecule has 2 fully saturated rings. The Morgan fingerprint density at radius 3 is 2.71 bits per heavy atom. The van der Waals surface area contributed by atoms with E-state index >= 15 is 0 Å². The van der Waals surface area contributed by atoms with Crippen molar-refractivity contribution in [3.05, 3.63) is 27.6 Å². The molecule has 0 aromatic heterocycles. The minimum absolute atomic E-state index is 0.144. The molecule has 2 unspecified atom stereocenters. The normalized spacial score (nSPS) is 27.9. The lowest BCUT2D eigenvalue weighted by molar-refractivity contribution is 0.245. The molecule has 1 heterocycles. The van der Waals surface area contributed by atoms with Gasteiger partial charge >= 0.3 is 0 Å². The van der Waals surface area contributed by atoms with Gasteiger partial charge in [0, 0.05) is 28.7 Å². The zero-order valence-electron chi connectivity index (χ0n) is 12.6. The lowest BCUT2D eigenvalue weighted by Crippen LogP contribution is -2.58. The fourth-order valence-electron chi connectivity index (χ4n) is 3.79. The van der Waals surface area contributed by atoms with Crippen LogP contribution in [0.15, 0.2) is 18.2 Å². The van der Waals surface area contributed by atoms with Crippen LogP contribution in [0.2, 0.25) is 0 Å². The summed E-state index contributed by atoms with van der Waals surface area (Å²) in [5, 5.41) is 3.75. The second-order valence-corrected chi connectivity index (χ2v) is 7.67. The van der Waals surface area contributed by atoms with Gasteiger partial charge in [0.2, 0.25) is 0 Å². The Morgan fingerprint density at radius 2 is 2.00 bits per heavy atom. The Kier molecular flexibility index (Phi) is 5.04. The zero-order chi connectivity index (χ0) is 14.8. The molecule has 0 radical (unpaired) electrons. The van der Waals surface area contributed by atoms with Crippen LogP contribution in [-0.4, -0.2) is 25.2 Å². The molecule has 0 bridgehead atoms. The molecule has 1 aromatic rings. The van der Waals surface area contributed by atoms with Gasteiger partial charge in [-0.3, -0.25) is 0 Å². The van der Waals surface area contributed by atoms with Crippen molar-refractivity contribution in [1.29, 1.82) is 0 Å². The maximum Gasteiger partial charge on any atom is 0.124 e. The van der Waals surface area contributed by atoms with Crippen LogP contribution in [0.4, 0.5) is 10.1 Å². The molecule has 3 rings (SSSR count). The van der Waals surface area contributed by atoms with Crippen LogP contribution in [0.25, 0.3) is 0 Å². The maximum absolute atomic E-state index is 13.3. The highest BCUT2D eigenvalue weighted by molar-refractivity contribution is 14.1. The van der Waals surface area contributed by atoms with Crippen LogP contribution in [0.1, 0.15) is 39.0 Å². The molecule has 116 valence electrons. The SMILES string of the molecule is CC1CNC(C2CCCCC2)CN1c1ccc(F)cc1I. The summed E-state index contributed by atoms with van der Waals surface area (Å²) in [6.07, 6.45) is 6.89. The predicted molar refractivity (Wildman–Crippen MR) is 94.3 cm³/mol. The van der Waals surface area contributed by atoms with Gasteiger partial charge < -0.3 is 10.2 Å². The van der Waals surface area contributed by atoms with E-state index in [0.29, 0.717) is 12.1 Å². The van der Waals surface area contributed by atoms with Crippen molar-refractivity contribution in [2.75, 3.05) is 18.0 Å². The van der Waals surface area contributed by atoms with Crippen LogP contribution >= 0.6 is 22.6 Å². The Balaban J connectivity index is 1.76. The predicted octanol–water partition coefficient (Wildman–Crippen LogP) is 4.18. The maximum atomic E-state index is 13.3. The number of nitrogens with one attached hydrogen (secondary N) is 1. The third-order valence-electron chi connectivity index (χ3n) is 5.04. The molecule has 2 aliphatic rings. The van der Waals surface area contributed by atoms with Crippen LogP contribution < -0.4 is 10.2 Å². The zero-order valence-corrected chi connectivity index (χ0v) is 14.8. The number of nitrogens with zero attached hydrogens (tertiary/aromatic N) is 1. The molecule has 2 atom stereocenters. The van der Waals surface area contributed by atoms with E-state index in [1.165, 1.54) is 37.8 Å². The molecule has 1 aliphatic carbocycles. The lowest BCUT2D eigenvalue weighted by atomic mass is 9.82. The quantitative estimate of drug-likeness (QED) is 0.747. The molecular weight excluding hydrogens is 378 g/mol. The second-order valence-electron chi connectivity index (χ2n) is 6.51. The number of hydrogen-bond donors (Lipinski definition) is 1. The van der Waals surface area contributed by atoms with Crippen molar-refractivity contribution < 1.29 is 4.39 Å². The molecule has 1 saturated heterocycles. The van der Waals surface area contributed by atoms with Gasteiger partial charge in [0.15, 0.2) is 0 Å². The standard InChI is InChI=1S/C17H24FIN2/c1-12-10-20-16(13-5-3-2-4-6-13)11-21(12)17-8-7-14(18)9-15(17)19/h7-9,12-13,16,20H,2-6,10-11H2,1H3. The molecular formula is C17H24FIN2. The number of rotatable bonds is 2. The van der Waals surface area contributed by atoms with E-state index < -0.39 is 0 Å². The van der Waals surface area contributed by atoms with Gasteiger partial charge in [-0.25, -0.2) is 4.39 Å². The van der Waals surface area contributed by atoms with E-state index in [4.69, 9.17) is 0 Å². The van der Waals surface area contributed by atoms with Crippen LogP contribution in [-0.2, 0) is 0 Å².